The molecule has 76 valence electrons. The lowest BCUT2D eigenvalue weighted by molar-refractivity contribution is -0.771. The minimum Gasteiger partial charge on any atom is -0.394 e. The van der Waals surface area contributed by atoms with Crippen molar-refractivity contribution in [2.45, 2.75) is 6.10 Å². The van der Waals surface area contributed by atoms with E-state index in [0.717, 1.165) is 0 Å². The second kappa shape index (κ2) is 4.78. The summed E-state index contributed by atoms with van der Waals surface area (Å²) < 4.78 is 0. The zero-order chi connectivity index (χ0) is 10.6. The predicted molar refractivity (Wildman–Crippen MR) is 49.4 cm³/mol. The molecule has 0 amide bonds. The van der Waals surface area contributed by atoms with Gasteiger partial charge in [-0.1, -0.05) is 23.7 Å². The molecule has 0 saturated heterocycles. The standard InChI is InChI=1S/C8H8ClNO4/c9-7-3-1-6(2-4-7)8(5-11)14-10(12)13/h1-4,8,11H,5H2. The van der Waals surface area contributed by atoms with E-state index in [4.69, 9.17) is 16.7 Å². The van der Waals surface area contributed by atoms with Gasteiger partial charge in [0.2, 0.25) is 0 Å². The molecule has 1 N–H and O–H groups in total. The molecular weight excluding hydrogens is 210 g/mol. The van der Waals surface area contributed by atoms with Crippen LogP contribution in [0.1, 0.15) is 11.7 Å². The number of hydrogen-bond donors (Lipinski definition) is 1. The Bertz CT molecular complexity index is 314. The summed E-state index contributed by atoms with van der Waals surface area (Å²) in [5.74, 6) is 0. The van der Waals surface area contributed by atoms with Gasteiger partial charge in [-0.3, -0.25) is 0 Å². The zero-order valence-electron chi connectivity index (χ0n) is 7.09. The quantitative estimate of drug-likeness (QED) is 0.614. The fraction of sp³-hybridized carbons (Fsp3) is 0.250. The molecule has 0 spiro atoms. The van der Waals surface area contributed by atoms with Gasteiger partial charge >= 0.3 is 0 Å². The summed E-state index contributed by atoms with van der Waals surface area (Å²) in [5, 5.41) is 18.5. The first-order valence-corrected chi connectivity index (χ1v) is 4.18. The fourth-order valence-corrected chi connectivity index (χ4v) is 1.11. The van der Waals surface area contributed by atoms with Gasteiger partial charge in [-0.15, -0.1) is 10.1 Å². The van der Waals surface area contributed by atoms with Gasteiger partial charge in [0.1, 0.15) is 0 Å². The third kappa shape index (κ3) is 2.86. The Hall–Kier alpha value is -1.33. The summed E-state index contributed by atoms with van der Waals surface area (Å²) in [5.41, 5.74) is 0.508. The summed E-state index contributed by atoms with van der Waals surface area (Å²) in [4.78, 5) is 14.3. The van der Waals surface area contributed by atoms with Crippen molar-refractivity contribution < 1.29 is 15.0 Å². The SMILES string of the molecule is O=[N+]([O-])OC(CO)c1ccc(Cl)cc1. The van der Waals surface area contributed by atoms with Gasteiger partial charge in [0.25, 0.3) is 5.09 Å². The molecule has 5 nitrogen and oxygen atoms in total. The highest BCUT2D eigenvalue weighted by Gasteiger charge is 2.14. The molecule has 0 aromatic heterocycles. The Morgan fingerprint density at radius 1 is 1.50 bits per heavy atom. The minimum absolute atomic E-state index is 0.456. The Balaban J connectivity index is 2.78. The van der Waals surface area contributed by atoms with Gasteiger partial charge in [-0.05, 0) is 17.7 Å². The largest absolute Gasteiger partial charge is 0.394 e. The van der Waals surface area contributed by atoms with Crippen LogP contribution in [0.3, 0.4) is 0 Å². The van der Waals surface area contributed by atoms with Crippen molar-refractivity contribution in [1.29, 1.82) is 0 Å². The molecule has 0 saturated carbocycles. The molecule has 0 aliphatic heterocycles. The lowest BCUT2D eigenvalue weighted by atomic mass is 10.1. The maximum atomic E-state index is 10.1. The normalized spacial score (nSPS) is 12.1. The van der Waals surface area contributed by atoms with E-state index < -0.39 is 17.8 Å². The number of nitrogens with zero attached hydrogens (tertiary/aromatic N) is 1. The highest BCUT2D eigenvalue weighted by molar-refractivity contribution is 6.30. The molecule has 0 bridgehead atoms. The number of hydrogen-bond acceptors (Lipinski definition) is 4. The first-order valence-electron chi connectivity index (χ1n) is 3.81. The van der Waals surface area contributed by atoms with Crippen molar-refractivity contribution in [1.82, 2.24) is 0 Å². The minimum atomic E-state index is -0.956. The van der Waals surface area contributed by atoms with Crippen LogP contribution in [0.4, 0.5) is 0 Å². The molecule has 1 aromatic rings. The van der Waals surface area contributed by atoms with Crippen LogP contribution in [-0.4, -0.2) is 16.8 Å². The molecule has 1 unspecified atom stereocenters. The van der Waals surface area contributed by atoms with E-state index in [1.165, 1.54) is 0 Å². The van der Waals surface area contributed by atoms with Crippen molar-refractivity contribution in [3.8, 4) is 0 Å². The van der Waals surface area contributed by atoms with E-state index in [9.17, 15) is 10.1 Å². The number of halogens is 1. The predicted octanol–water partition coefficient (Wildman–Crippen LogP) is 1.58. The molecular formula is C8H8ClNO4. The smallest absolute Gasteiger partial charge is 0.295 e. The second-order valence-corrected chi connectivity index (χ2v) is 2.99. The maximum absolute atomic E-state index is 10.1. The van der Waals surface area contributed by atoms with Gasteiger partial charge in [0, 0.05) is 5.02 Å². The maximum Gasteiger partial charge on any atom is 0.295 e. The van der Waals surface area contributed by atoms with E-state index >= 15 is 0 Å². The third-order valence-electron chi connectivity index (χ3n) is 1.62. The van der Waals surface area contributed by atoms with Crippen LogP contribution in [0.5, 0.6) is 0 Å². The van der Waals surface area contributed by atoms with Crippen molar-refractivity contribution in [3.05, 3.63) is 45.0 Å². The topological polar surface area (TPSA) is 72.6 Å². The highest BCUT2D eigenvalue weighted by Crippen LogP contribution is 2.19. The van der Waals surface area contributed by atoms with E-state index in [-0.39, 0.29) is 0 Å². The molecule has 0 aliphatic carbocycles. The molecule has 1 rings (SSSR count). The average Bonchev–Trinajstić information content (AvgIpc) is 2.15. The number of aliphatic hydroxyl groups excluding tert-OH is 1. The van der Waals surface area contributed by atoms with Crippen LogP contribution >= 0.6 is 11.6 Å². The molecule has 1 atom stereocenters. The van der Waals surface area contributed by atoms with E-state index in [1.54, 1.807) is 24.3 Å². The van der Waals surface area contributed by atoms with Crippen LogP contribution in [-0.2, 0) is 4.84 Å². The number of aliphatic hydroxyl groups is 1. The van der Waals surface area contributed by atoms with Crippen molar-refractivity contribution >= 4 is 11.6 Å². The molecule has 6 heteroatoms. The zero-order valence-corrected chi connectivity index (χ0v) is 7.85. The van der Waals surface area contributed by atoms with Gasteiger partial charge in [-0.2, -0.15) is 0 Å². The van der Waals surface area contributed by atoms with Crippen LogP contribution < -0.4 is 0 Å². The van der Waals surface area contributed by atoms with E-state index in [2.05, 4.69) is 4.84 Å². The lowest BCUT2D eigenvalue weighted by Crippen LogP contribution is -2.13. The molecule has 0 aliphatic rings. The van der Waals surface area contributed by atoms with Gasteiger partial charge in [0.15, 0.2) is 6.10 Å². The first-order chi connectivity index (χ1) is 6.63. The highest BCUT2D eigenvalue weighted by atomic mass is 35.5. The van der Waals surface area contributed by atoms with Crippen LogP contribution in [0.25, 0.3) is 0 Å². The van der Waals surface area contributed by atoms with Crippen LogP contribution in [0.15, 0.2) is 24.3 Å². The third-order valence-corrected chi connectivity index (χ3v) is 1.87. The van der Waals surface area contributed by atoms with Gasteiger partial charge in [-0.25, -0.2) is 0 Å². The summed E-state index contributed by atoms with van der Waals surface area (Å²) in [6.45, 7) is -0.456. The van der Waals surface area contributed by atoms with Crippen molar-refractivity contribution in [3.63, 3.8) is 0 Å². The van der Waals surface area contributed by atoms with Crippen LogP contribution in [0.2, 0.25) is 5.02 Å². The second-order valence-electron chi connectivity index (χ2n) is 2.55. The summed E-state index contributed by atoms with van der Waals surface area (Å²) in [6.07, 6.45) is -0.956. The monoisotopic (exact) mass is 217 g/mol. The number of rotatable bonds is 4. The Labute approximate surface area is 85.0 Å². The molecule has 14 heavy (non-hydrogen) atoms. The van der Waals surface area contributed by atoms with E-state index in [0.29, 0.717) is 10.6 Å². The summed E-state index contributed by atoms with van der Waals surface area (Å²) >= 11 is 5.63. The average molecular weight is 218 g/mol. The molecule has 0 radical (unpaired) electrons. The molecule has 0 fully saturated rings. The Kier molecular flexibility index (Phi) is 3.67. The fourth-order valence-electron chi connectivity index (χ4n) is 0.981. The summed E-state index contributed by atoms with van der Waals surface area (Å²) in [7, 11) is 0. The van der Waals surface area contributed by atoms with Crippen LogP contribution in [0, 0.1) is 10.1 Å². The van der Waals surface area contributed by atoms with Gasteiger partial charge in [0.05, 0.1) is 6.61 Å². The Morgan fingerprint density at radius 3 is 2.50 bits per heavy atom. The summed E-state index contributed by atoms with van der Waals surface area (Å²) in [6, 6.07) is 6.27. The Morgan fingerprint density at radius 2 is 2.07 bits per heavy atom. The van der Waals surface area contributed by atoms with Gasteiger partial charge < -0.3 is 9.94 Å². The number of benzene rings is 1. The van der Waals surface area contributed by atoms with Crippen molar-refractivity contribution in [2.24, 2.45) is 0 Å². The van der Waals surface area contributed by atoms with Crippen molar-refractivity contribution in [2.75, 3.05) is 6.61 Å². The van der Waals surface area contributed by atoms with E-state index in [1.807, 2.05) is 0 Å². The molecule has 0 heterocycles. The molecule has 1 aromatic carbocycles. The lowest BCUT2D eigenvalue weighted by Gasteiger charge is -2.11. The first kappa shape index (κ1) is 10.7.